The third-order valence-corrected chi connectivity index (χ3v) is 2.45. The molecule has 3 N–H and O–H groups in total. The van der Waals surface area contributed by atoms with Crippen LogP contribution in [0.4, 0.5) is 0 Å². The summed E-state index contributed by atoms with van der Waals surface area (Å²) in [5, 5.41) is 0. The van der Waals surface area contributed by atoms with Crippen LogP contribution in [0.15, 0.2) is 47.2 Å². The number of hydrogen-bond donors (Lipinski definition) is 2. The summed E-state index contributed by atoms with van der Waals surface area (Å²) in [7, 11) is 0. The van der Waals surface area contributed by atoms with Crippen LogP contribution in [0.1, 0.15) is 11.5 Å². The molecule has 1 atom stereocenters. The van der Waals surface area contributed by atoms with Gasteiger partial charge in [-0.15, -0.1) is 0 Å². The van der Waals surface area contributed by atoms with E-state index in [0.717, 1.165) is 24.3 Å². The predicted molar refractivity (Wildman–Crippen MR) is 61.5 cm³/mol. The van der Waals surface area contributed by atoms with Crippen molar-refractivity contribution in [1.29, 1.82) is 0 Å². The molecular formula is C12H15N3O. The highest BCUT2D eigenvalue weighted by atomic mass is 16.3. The first-order valence-electron chi connectivity index (χ1n) is 5.27. The number of furan rings is 1. The smallest absolute Gasteiger partial charge is 0.105 e. The topological polar surface area (TPSA) is 64.1 Å². The van der Waals surface area contributed by atoms with Gasteiger partial charge in [-0.2, -0.15) is 0 Å². The van der Waals surface area contributed by atoms with Gasteiger partial charge in [0, 0.05) is 30.8 Å². The molecule has 84 valence electrons. The molecule has 0 aromatic carbocycles. The third-order valence-electron chi connectivity index (χ3n) is 2.45. The summed E-state index contributed by atoms with van der Waals surface area (Å²) in [5.41, 5.74) is 3.81. The quantitative estimate of drug-likeness (QED) is 0.585. The lowest BCUT2D eigenvalue weighted by molar-refractivity contribution is 0.442. The highest BCUT2D eigenvalue weighted by molar-refractivity contribution is 5.07. The van der Waals surface area contributed by atoms with E-state index in [2.05, 4.69) is 10.4 Å². The van der Waals surface area contributed by atoms with Crippen molar-refractivity contribution in [2.24, 2.45) is 5.84 Å². The molecule has 0 spiro atoms. The Kier molecular flexibility index (Phi) is 3.69. The molecule has 0 saturated heterocycles. The zero-order valence-electron chi connectivity index (χ0n) is 8.97. The Hall–Kier alpha value is -1.65. The zero-order chi connectivity index (χ0) is 11.2. The van der Waals surface area contributed by atoms with Gasteiger partial charge in [0.1, 0.15) is 5.76 Å². The van der Waals surface area contributed by atoms with E-state index in [-0.39, 0.29) is 6.04 Å². The third kappa shape index (κ3) is 2.92. The van der Waals surface area contributed by atoms with Crippen molar-refractivity contribution in [3.63, 3.8) is 0 Å². The number of rotatable bonds is 5. The molecule has 0 aliphatic carbocycles. The molecule has 0 amide bonds. The Bertz CT molecular complexity index is 399. The number of aromatic nitrogens is 1. The van der Waals surface area contributed by atoms with Crippen LogP contribution in [0.3, 0.4) is 0 Å². The number of nitrogens with two attached hydrogens (primary N) is 1. The molecule has 4 heteroatoms. The number of hydrogen-bond acceptors (Lipinski definition) is 4. The van der Waals surface area contributed by atoms with Gasteiger partial charge in [0.15, 0.2) is 0 Å². The van der Waals surface area contributed by atoms with Gasteiger partial charge >= 0.3 is 0 Å². The molecule has 0 fully saturated rings. The van der Waals surface area contributed by atoms with Crippen molar-refractivity contribution >= 4 is 0 Å². The van der Waals surface area contributed by atoms with E-state index in [1.54, 1.807) is 12.5 Å². The van der Waals surface area contributed by atoms with Crippen molar-refractivity contribution in [1.82, 2.24) is 10.4 Å². The summed E-state index contributed by atoms with van der Waals surface area (Å²) in [6, 6.07) is 9.84. The average molecular weight is 217 g/mol. The van der Waals surface area contributed by atoms with Crippen LogP contribution in [0.2, 0.25) is 0 Å². The molecule has 0 aliphatic heterocycles. The predicted octanol–water partition coefficient (Wildman–Crippen LogP) is 1.29. The Morgan fingerprint density at radius 1 is 1.25 bits per heavy atom. The molecule has 2 aromatic rings. The molecule has 0 saturated carbocycles. The second kappa shape index (κ2) is 5.44. The summed E-state index contributed by atoms with van der Waals surface area (Å²) in [6.07, 6.45) is 5.01. The van der Waals surface area contributed by atoms with E-state index in [1.807, 2.05) is 30.3 Å². The summed E-state index contributed by atoms with van der Waals surface area (Å²) in [5.74, 6) is 6.45. The van der Waals surface area contributed by atoms with E-state index in [4.69, 9.17) is 10.3 Å². The van der Waals surface area contributed by atoms with Crippen LogP contribution in [-0.2, 0) is 12.8 Å². The highest BCUT2D eigenvalue weighted by Crippen LogP contribution is 2.07. The lowest BCUT2D eigenvalue weighted by atomic mass is 10.1. The van der Waals surface area contributed by atoms with Crippen LogP contribution in [0.5, 0.6) is 0 Å². The number of nitrogens with zero attached hydrogens (tertiary/aromatic N) is 1. The van der Waals surface area contributed by atoms with E-state index in [0.29, 0.717) is 0 Å². The zero-order valence-corrected chi connectivity index (χ0v) is 8.97. The van der Waals surface area contributed by atoms with Crippen LogP contribution >= 0.6 is 0 Å². The molecule has 4 nitrogen and oxygen atoms in total. The summed E-state index contributed by atoms with van der Waals surface area (Å²) in [6.45, 7) is 0. The largest absolute Gasteiger partial charge is 0.469 e. The normalized spacial score (nSPS) is 12.6. The van der Waals surface area contributed by atoms with Crippen molar-refractivity contribution < 1.29 is 4.42 Å². The van der Waals surface area contributed by atoms with Crippen LogP contribution in [-0.4, -0.2) is 11.0 Å². The van der Waals surface area contributed by atoms with Crippen LogP contribution in [0, 0.1) is 0 Å². The maximum Gasteiger partial charge on any atom is 0.105 e. The van der Waals surface area contributed by atoms with Crippen molar-refractivity contribution in [2.45, 2.75) is 18.9 Å². The van der Waals surface area contributed by atoms with Crippen molar-refractivity contribution in [2.75, 3.05) is 0 Å². The van der Waals surface area contributed by atoms with Crippen molar-refractivity contribution in [3.05, 3.63) is 54.2 Å². The minimum Gasteiger partial charge on any atom is -0.469 e. The molecule has 1 unspecified atom stereocenters. The highest BCUT2D eigenvalue weighted by Gasteiger charge is 2.10. The van der Waals surface area contributed by atoms with Crippen LogP contribution in [0.25, 0.3) is 0 Å². The molecule has 2 aromatic heterocycles. The van der Waals surface area contributed by atoms with E-state index in [1.165, 1.54) is 0 Å². The minimum atomic E-state index is 0.140. The standard InChI is InChI=1S/C12H15N3O/c13-15-11(9-12-5-3-7-16-12)8-10-4-1-2-6-14-10/h1-7,11,15H,8-9,13H2. The van der Waals surface area contributed by atoms with Gasteiger partial charge in [0.2, 0.25) is 0 Å². The van der Waals surface area contributed by atoms with E-state index in [9.17, 15) is 0 Å². The molecule has 16 heavy (non-hydrogen) atoms. The Balaban J connectivity index is 1.96. The van der Waals surface area contributed by atoms with E-state index < -0.39 is 0 Å². The van der Waals surface area contributed by atoms with Gasteiger partial charge in [0.05, 0.1) is 6.26 Å². The van der Waals surface area contributed by atoms with E-state index >= 15 is 0 Å². The lowest BCUT2D eigenvalue weighted by Gasteiger charge is -2.13. The monoisotopic (exact) mass is 217 g/mol. The second-order valence-electron chi connectivity index (χ2n) is 3.67. The Morgan fingerprint density at radius 2 is 2.19 bits per heavy atom. The number of hydrazine groups is 1. The molecule has 0 aliphatic rings. The van der Waals surface area contributed by atoms with Crippen LogP contribution < -0.4 is 11.3 Å². The summed E-state index contributed by atoms with van der Waals surface area (Å²) in [4.78, 5) is 4.27. The SMILES string of the molecule is NNC(Cc1ccccn1)Cc1ccco1. The first-order chi connectivity index (χ1) is 7.88. The first kappa shape index (κ1) is 10.9. The molecule has 2 rings (SSSR count). The lowest BCUT2D eigenvalue weighted by Crippen LogP contribution is -2.38. The Morgan fingerprint density at radius 3 is 2.81 bits per heavy atom. The first-order valence-corrected chi connectivity index (χ1v) is 5.27. The van der Waals surface area contributed by atoms with Gasteiger partial charge in [-0.1, -0.05) is 6.07 Å². The fourth-order valence-electron chi connectivity index (χ4n) is 1.63. The van der Waals surface area contributed by atoms with Gasteiger partial charge in [-0.3, -0.25) is 16.3 Å². The number of nitrogens with one attached hydrogen (secondary N) is 1. The molecular weight excluding hydrogens is 202 g/mol. The number of pyridine rings is 1. The fraction of sp³-hybridized carbons (Fsp3) is 0.250. The molecule has 0 radical (unpaired) electrons. The fourth-order valence-corrected chi connectivity index (χ4v) is 1.63. The minimum absolute atomic E-state index is 0.140. The maximum atomic E-state index is 5.52. The van der Waals surface area contributed by atoms with Crippen molar-refractivity contribution in [3.8, 4) is 0 Å². The van der Waals surface area contributed by atoms with Gasteiger partial charge in [-0.05, 0) is 24.3 Å². The molecule has 0 bridgehead atoms. The molecule has 2 heterocycles. The Labute approximate surface area is 94.5 Å². The second-order valence-corrected chi connectivity index (χ2v) is 3.67. The maximum absolute atomic E-state index is 5.52. The van der Waals surface area contributed by atoms with Gasteiger partial charge in [-0.25, -0.2) is 0 Å². The van der Waals surface area contributed by atoms with Gasteiger partial charge < -0.3 is 4.42 Å². The van der Waals surface area contributed by atoms with Gasteiger partial charge in [0.25, 0.3) is 0 Å². The average Bonchev–Trinajstić information content (AvgIpc) is 2.82. The summed E-state index contributed by atoms with van der Waals surface area (Å²) >= 11 is 0. The summed E-state index contributed by atoms with van der Waals surface area (Å²) < 4.78 is 5.29.